The summed E-state index contributed by atoms with van der Waals surface area (Å²) >= 11 is 0. The lowest BCUT2D eigenvalue weighted by atomic mass is 10.0. The van der Waals surface area contributed by atoms with E-state index in [9.17, 15) is 4.79 Å². The molecule has 0 bridgehead atoms. The smallest absolute Gasteiger partial charge is 0.262 e. The average Bonchev–Trinajstić information content (AvgIpc) is 3.30. The van der Waals surface area contributed by atoms with Crippen LogP contribution in [-0.4, -0.2) is 43.2 Å². The predicted molar refractivity (Wildman–Crippen MR) is 114 cm³/mol. The minimum atomic E-state index is -0.224. The van der Waals surface area contributed by atoms with Crippen molar-refractivity contribution in [3.63, 3.8) is 0 Å². The van der Waals surface area contributed by atoms with Crippen molar-refractivity contribution < 1.29 is 4.74 Å². The van der Waals surface area contributed by atoms with Crippen molar-refractivity contribution in [1.82, 2.24) is 29.5 Å². The molecule has 1 aliphatic carbocycles. The minimum absolute atomic E-state index is 0.224. The molecule has 3 aromatic heterocycles. The van der Waals surface area contributed by atoms with Gasteiger partial charge in [0.15, 0.2) is 11.5 Å². The first-order valence-electron chi connectivity index (χ1n) is 10.2. The fraction of sp³-hybridized carbons (Fsp3) is 0.364. The third-order valence-electron chi connectivity index (χ3n) is 5.59. The molecule has 1 aliphatic rings. The zero-order valence-electron chi connectivity index (χ0n) is 17.3. The van der Waals surface area contributed by atoms with Crippen LogP contribution in [0.1, 0.15) is 35.4 Å². The predicted octanol–water partition coefficient (Wildman–Crippen LogP) is 3.11. The number of H-pyrrole nitrogens is 1. The Kier molecular flexibility index (Phi) is 4.51. The van der Waals surface area contributed by atoms with Gasteiger partial charge in [-0.2, -0.15) is 5.10 Å². The number of nitrogens with one attached hydrogen (secondary N) is 1. The van der Waals surface area contributed by atoms with Crippen molar-refractivity contribution in [2.45, 2.75) is 39.2 Å². The summed E-state index contributed by atoms with van der Waals surface area (Å²) in [5, 5.41) is 9.55. The first kappa shape index (κ1) is 18.7. The number of aromatic amines is 1. The summed E-state index contributed by atoms with van der Waals surface area (Å²) < 4.78 is 8.61. The fourth-order valence-electron chi connectivity index (χ4n) is 3.95. The molecular weight excluding hydrogens is 380 g/mol. The molecule has 5 rings (SSSR count). The minimum Gasteiger partial charge on any atom is -0.383 e. The van der Waals surface area contributed by atoms with E-state index in [1.54, 1.807) is 22.7 Å². The summed E-state index contributed by atoms with van der Waals surface area (Å²) in [6.07, 6.45) is 6.14. The molecule has 1 fully saturated rings. The Balaban J connectivity index is 1.54. The van der Waals surface area contributed by atoms with Crippen LogP contribution in [0.4, 0.5) is 0 Å². The lowest BCUT2D eigenvalue weighted by Crippen LogP contribution is -2.09. The Morgan fingerprint density at radius 2 is 1.97 bits per heavy atom. The maximum atomic E-state index is 12.7. The molecule has 30 heavy (non-hydrogen) atoms. The van der Waals surface area contributed by atoms with Crippen LogP contribution in [0.3, 0.4) is 0 Å². The average molecular weight is 404 g/mol. The highest BCUT2D eigenvalue weighted by atomic mass is 16.5. The number of aromatic nitrogens is 6. The maximum Gasteiger partial charge on any atom is 0.262 e. The van der Waals surface area contributed by atoms with Crippen LogP contribution in [0.5, 0.6) is 0 Å². The first-order chi connectivity index (χ1) is 14.5. The van der Waals surface area contributed by atoms with E-state index in [1.165, 1.54) is 18.4 Å². The summed E-state index contributed by atoms with van der Waals surface area (Å²) in [5.74, 6) is 1.11. The van der Waals surface area contributed by atoms with Crippen LogP contribution in [0.2, 0.25) is 0 Å². The molecule has 0 radical (unpaired) electrons. The van der Waals surface area contributed by atoms with Gasteiger partial charge in [-0.25, -0.2) is 9.67 Å². The second-order valence-electron chi connectivity index (χ2n) is 7.96. The molecule has 8 heteroatoms. The van der Waals surface area contributed by atoms with E-state index in [0.29, 0.717) is 41.6 Å². The number of hydrogen-bond donors (Lipinski definition) is 1. The standard InChI is InChI=1S/C22H24N6O2/c1-13-10-16(15-4-5-15)11-14(2)19(13)28-12-17-20(26-28)23-21(24-22(17)29)18-6-7-27(25-18)8-9-30-3/h6-7,10-12,15H,4-5,8-9H2,1-3H3,(H,23,24,26,29). The molecule has 3 heterocycles. The number of benzene rings is 1. The Morgan fingerprint density at radius 3 is 2.67 bits per heavy atom. The Hall–Kier alpha value is -3.26. The van der Waals surface area contributed by atoms with E-state index in [0.717, 1.165) is 16.8 Å². The number of rotatable bonds is 6. The fourth-order valence-corrected chi connectivity index (χ4v) is 3.95. The molecule has 0 saturated heterocycles. The molecule has 0 atom stereocenters. The van der Waals surface area contributed by atoms with Gasteiger partial charge in [0.2, 0.25) is 0 Å². The molecule has 1 aromatic carbocycles. The summed E-state index contributed by atoms with van der Waals surface area (Å²) in [6.45, 7) is 5.38. The van der Waals surface area contributed by atoms with Crippen LogP contribution in [0.25, 0.3) is 28.2 Å². The molecule has 4 aromatic rings. The summed E-state index contributed by atoms with van der Waals surface area (Å²) in [5.41, 5.74) is 5.48. The largest absolute Gasteiger partial charge is 0.383 e. The van der Waals surface area contributed by atoms with Crippen LogP contribution in [-0.2, 0) is 11.3 Å². The van der Waals surface area contributed by atoms with Crippen molar-refractivity contribution in [3.05, 3.63) is 57.6 Å². The maximum absolute atomic E-state index is 12.7. The molecule has 8 nitrogen and oxygen atoms in total. The number of hydrogen-bond acceptors (Lipinski definition) is 5. The van der Waals surface area contributed by atoms with Gasteiger partial charge in [-0.1, -0.05) is 12.1 Å². The third-order valence-corrected chi connectivity index (χ3v) is 5.59. The number of methoxy groups -OCH3 is 1. The van der Waals surface area contributed by atoms with Crippen molar-refractivity contribution in [2.24, 2.45) is 0 Å². The monoisotopic (exact) mass is 404 g/mol. The molecule has 1 saturated carbocycles. The second kappa shape index (κ2) is 7.21. The van der Waals surface area contributed by atoms with Gasteiger partial charge in [0.05, 0.1) is 18.8 Å². The number of nitrogens with zero attached hydrogens (tertiary/aromatic N) is 5. The van der Waals surface area contributed by atoms with Crippen molar-refractivity contribution in [2.75, 3.05) is 13.7 Å². The highest BCUT2D eigenvalue weighted by Crippen LogP contribution is 2.41. The van der Waals surface area contributed by atoms with Gasteiger partial charge < -0.3 is 9.72 Å². The van der Waals surface area contributed by atoms with E-state index in [2.05, 4.69) is 46.1 Å². The van der Waals surface area contributed by atoms with Crippen molar-refractivity contribution in [1.29, 1.82) is 0 Å². The number of ether oxygens (including phenoxy) is 1. The van der Waals surface area contributed by atoms with Gasteiger partial charge in [0.1, 0.15) is 11.1 Å². The van der Waals surface area contributed by atoms with Crippen LogP contribution >= 0.6 is 0 Å². The topological polar surface area (TPSA) is 90.6 Å². The van der Waals surface area contributed by atoms with Crippen LogP contribution in [0.15, 0.2) is 35.4 Å². The second-order valence-corrected chi connectivity index (χ2v) is 7.96. The zero-order valence-corrected chi connectivity index (χ0v) is 17.3. The molecule has 0 spiro atoms. The van der Waals surface area contributed by atoms with E-state index in [4.69, 9.17) is 4.74 Å². The van der Waals surface area contributed by atoms with Gasteiger partial charge >= 0.3 is 0 Å². The van der Waals surface area contributed by atoms with Crippen LogP contribution < -0.4 is 5.56 Å². The molecule has 1 N–H and O–H groups in total. The Morgan fingerprint density at radius 1 is 1.20 bits per heavy atom. The SMILES string of the molecule is COCCn1ccc(-c2nc3nn(-c4c(C)cc(C5CC5)cc4C)cc3c(=O)[nH]2)n1. The molecular formula is C22H24N6O2. The van der Waals surface area contributed by atoms with Crippen molar-refractivity contribution >= 4 is 11.0 Å². The van der Waals surface area contributed by atoms with Crippen molar-refractivity contribution in [3.8, 4) is 17.2 Å². The highest BCUT2D eigenvalue weighted by molar-refractivity contribution is 5.75. The number of fused-ring (bicyclic) bond motifs is 1. The molecule has 0 unspecified atom stereocenters. The normalized spacial score (nSPS) is 14.0. The molecule has 0 amide bonds. The summed E-state index contributed by atoms with van der Waals surface area (Å²) in [7, 11) is 1.65. The number of aryl methyl sites for hydroxylation is 2. The van der Waals surface area contributed by atoms with E-state index in [1.807, 2.05) is 12.3 Å². The van der Waals surface area contributed by atoms with E-state index >= 15 is 0 Å². The quantitative estimate of drug-likeness (QED) is 0.533. The summed E-state index contributed by atoms with van der Waals surface area (Å²) in [4.78, 5) is 20.1. The van der Waals surface area contributed by atoms with Gasteiger partial charge in [-0.3, -0.25) is 9.48 Å². The molecule has 0 aliphatic heterocycles. The highest BCUT2D eigenvalue weighted by Gasteiger charge is 2.25. The van der Waals surface area contributed by atoms with Gasteiger partial charge in [-0.05, 0) is 55.4 Å². The third kappa shape index (κ3) is 3.33. The summed E-state index contributed by atoms with van der Waals surface area (Å²) in [6, 6.07) is 6.30. The van der Waals surface area contributed by atoms with Crippen LogP contribution in [0, 0.1) is 13.8 Å². The first-order valence-corrected chi connectivity index (χ1v) is 10.2. The van der Waals surface area contributed by atoms with E-state index < -0.39 is 0 Å². The van der Waals surface area contributed by atoms with Gasteiger partial charge in [-0.15, -0.1) is 5.10 Å². The lowest BCUT2D eigenvalue weighted by molar-refractivity contribution is 0.183. The van der Waals surface area contributed by atoms with E-state index in [-0.39, 0.29) is 5.56 Å². The Labute approximate surface area is 173 Å². The van der Waals surface area contributed by atoms with Gasteiger partial charge in [0.25, 0.3) is 5.56 Å². The lowest BCUT2D eigenvalue weighted by Gasteiger charge is -2.12. The molecule has 154 valence electrons. The Bertz CT molecular complexity index is 1270. The van der Waals surface area contributed by atoms with Gasteiger partial charge in [0, 0.05) is 19.5 Å². The zero-order chi connectivity index (χ0) is 20.8.